The first-order valence-electron chi connectivity index (χ1n) is 10.5. The number of benzene rings is 1. The maximum Gasteiger partial charge on any atom is 0.490 e. The molecule has 6 nitrogen and oxygen atoms in total. The van der Waals surface area contributed by atoms with E-state index in [-0.39, 0.29) is 19.3 Å². The molecule has 1 heterocycles. The van der Waals surface area contributed by atoms with Gasteiger partial charge in [0.15, 0.2) is 0 Å². The van der Waals surface area contributed by atoms with Gasteiger partial charge in [0.2, 0.25) is 0 Å². The number of nitrogens with zero attached hydrogens (tertiary/aromatic N) is 1. The van der Waals surface area contributed by atoms with Gasteiger partial charge in [-0.25, -0.2) is 4.79 Å². The zero-order chi connectivity index (χ0) is 23.0. The molecule has 9 heteroatoms. The second-order valence-corrected chi connectivity index (χ2v) is 7.95. The van der Waals surface area contributed by atoms with E-state index < -0.39 is 12.1 Å². The Morgan fingerprint density at radius 2 is 1.77 bits per heavy atom. The minimum atomic E-state index is -5.08. The summed E-state index contributed by atoms with van der Waals surface area (Å²) in [7, 11) is 0. The van der Waals surface area contributed by atoms with Gasteiger partial charge in [0.1, 0.15) is 0 Å². The third kappa shape index (κ3) is 7.22. The molecule has 0 bridgehead atoms. The molecule has 1 aromatic rings. The number of halogens is 3. The molecule has 31 heavy (non-hydrogen) atoms. The van der Waals surface area contributed by atoms with Crippen LogP contribution in [0, 0.1) is 0 Å². The van der Waals surface area contributed by atoms with Crippen LogP contribution in [0.5, 0.6) is 0 Å². The topological polar surface area (TPSA) is 107 Å². The van der Waals surface area contributed by atoms with Gasteiger partial charge >= 0.3 is 12.1 Å². The summed E-state index contributed by atoms with van der Waals surface area (Å²) in [6.07, 6.45) is 4.27. The van der Waals surface area contributed by atoms with E-state index in [9.17, 15) is 23.4 Å². The number of aliphatic hydroxyl groups is 2. The van der Waals surface area contributed by atoms with E-state index in [4.69, 9.17) is 15.6 Å². The summed E-state index contributed by atoms with van der Waals surface area (Å²) in [5.41, 5.74) is 11.2. The van der Waals surface area contributed by atoms with E-state index >= 15 is 0 Å². The Bertz CT molecular complexity index is 756. The van der Waals surface area contributed by atoms with Crippen molar-refractivity contribution in [1.29, 1.82) is 0 Å². The van der Waals surface area contributed by atoms with E-state index in [0.717, 1.165) is 38.0 Å². The van der Waals surface area contributed by atoms with Crippen molar-refractivity contribution in [3.63, 3.8) is 0 Å². The van der Waals surface area contributed by atoms with Gasteiger partial charge in [-0.1, -0.05) is 12.1 Å². The lowest BCUT2D eigenvalue weighted by Gasteiger charge is -2.36. The van der Waals surface area contributed by atoms with E-state index in [2.05, 4.69) is 29.2 Å². The quantitative estimate of drug-likeness (QED) is 0.519. The zero-order valence-electron chi connectivity index (χ0n) is 17.4. The molecule has 1 fully saturated rings. The van der Waals surface area contributed by atoms with Crippen LogP contribution in [0.1, 0.15) is 55.6 Å². The summed E-state index contributed by atoms with van der Waals surface area (Å²) in [4.78, 5) is 11.1. The lowest BCUT2D eigenvalue weighted by molar-refractivity contribution is -0.192. The van der Waals surface area contributed by atoms with Crippen LogP contribution < -0.4 is 5.73 Å². The first-order valence-corrected chi connectivity index (χ1v) is 10.5. The summed E-state index contributed by atoms with van der Waals surface area (Å²) in [5.74, 6) is -2.21. The van der Waals surface area contributed by atoms with E-state index in [1.165, 1.54) is 36.0 Å². The minimum absolute atomic E-state index is 0.0291. The fraction of sp³-hybridized carbons (Fsp3) is 0.591. The lowest BCUT2D eigenvalue weighted by atomic mass is 9.85. The number of carbonyl (C=O) groups is 1. The molecule has 0 unspecified atom stereocenters. The van der Waals surface area contributed by atoms with Crippen molar-refractivity contribution in [2.24, 2.45) is 0 Å². The summed E-state index contributed by atoms with van der Waals surface area (Å²) in [5, 5.41) is 25.8. The Labute approximate surface area is 180 Å². The van der Waals surface area contributed by atoms with Gasteiger partial charge in [0, 0.05) is 11.3 Å². The highest BCUT2D eigenvalue weighted by Crippen LogP contribution is 2.35. The van der Waals surface area contributed by atoms with Crippen molar-refractivity contribution in [2.75, 3.05) is 32.0 Å². The number of nitrogens with two attached hydrogens (primary N) is 1. The second kappa shape index (κ2) is 11.5. The molecule has 3 rings (SSSR count). The molecular formula is C22H31F3N2O4. The van der Waals surface area contributed by atoms with Gasteiger partial charge in [0.25, 0.3) is 0 Å². The Balaban J connectivity index is 0.000000423. The molecule has 0 saturated carbocycles. The Kier molecular flexibility index (Phi) is 9.33. The molecule has 0 radical (unpaired) electrons. The fourth-order valence-corrected chi connectivity index (χ4v) is 4.08. The SMILES string of the molecule is Nc1ccc(C2CCN(C(CO)CO)CC2)cc1C1=CCCCC1.O=C(O)C(F)(F)F. The number of carboxylic acids is 1. The lowest BCUT2D eigenvalue weighted by Crippen LogP contribution is -2.44. The van der Waals surface area contributed by atoms with Crippen LogP contribution in [-0.4, -0.2) is 64.7 Å². The molecular weight excluding hydrogens is 413 g/mol. The van der Waals surface area contributed by atoms with Crippen molar-refractivity contribution < 1.29 is 33.3 Å². The Morgan fingerprint density at radius 3 is 2.26 bits per heavy atom. The summed E-state index contributed by atoms with van der Waals surface area (Å²) in [6.45, 7) is 1.92. The van der Waals surface area contributed by atoms with E-state index in [1.807, 2.05) is 0 Å². The number of aliphatic hydroxyl groups excluding tert-OH is 2. The highest BCUT2D eigenvalue weighted by atomic mass is 19.4. The number of allylic oxidation sites excluding steroid dienone is 2. The standard InChI is InChI=1S/C20H30N2O2.C2HF3O2/c21-20-7-6-17(12-19(20)16-4-2-1-3-5-16)15-8-10-22(11-9-15)18(13-23)14-24;3-2(4,5)1(6)7/h4,6-7,12,15,18,23-24H,1-3,5,8-11,13-14,21H2;(H,6,7). The second-order valence-electron chi connectivity index (χ2n) is 7.95. The number of aliphatic carboxylic acids is 1. The molecule has 0 spiro atoms. The Hall–Kier alpha value is -2.10. The van der Waals surface area contributed by atoms with Gasteiger partial charge in [0.05, 0.1) is 19.3 Å². The molecule has 1 aliphatic heterocycles. The number of hydrogen-bond acceptors (Lipinski definition) is 5. The molecule has 1 aliphatic carbocycles. The van der Waals surface area contributed by atoms with Gasteiger partial charge in [-0.3, -0.25) is 4.90 Å². The van der Waals surface area contributed by atoms with Crippen molar-refractivity contribution in [2.45, 2.75) is 56.7 Å². The summed E-state index contributed by atoms with van der Waals surface area (Å²) in [6, 6.07) is 6.44. The average Bonchev–Trinajstić information content (AvgIpc) is 2.76. The first-order chi connectivity index (χ1) is 14.7. The van der Waals surface area contributed by atoms with Gasteiger partial charge in [-0.2, -0.15) is 13.2 Å². The molecule has 174 valence electrons. The largest absolute Gasteiger partial charge is 0.490 e. The molecule has 2 aliphatic rings. The smallest absolute Gasteiger partial charge is 0.475 e. The van der Waals surface area contributed by atoms with E-state index in [0.29, 0.717) is 5.92 Å². The summed E-state index contributed by atoms with van der Waals surface area (Å²) >= 11 is 0. The zero-order valence-corrected chi connectivity index (χ0v) is 17.4. The normalized spacial score (nSPS) is 18.3. The van der Waals surface area contributed by atoms with Crippen LogP contribution in [0.4, 0.5) is 18.9 Å². The van der Waals surface area contributed by atoms with Crippen molar-refractivity contribution >= 4 is 17.2 Å². The predicted octanol–water partition coefficient (Wildman–Crippen LogP) is 3.39. The molecule has 0 atom stereocenters. The van der Waals surface area contributed by atoms with Crippen molar-refractivity contribution in [1.82, 2.24) is 4.90 Å². The van der Waals surface area contributed by atoms with Crippen LogP contribution in [0.2, 0.25) is 0 Å². The highest BCUT2D eigenvalue weighted by molar-refractivity contribution is 5.76. The minimum Gasteiger partial charge on any atom is -0.475 e. The molecule has 0 aromatic heterocycles. The number of likely N-dealkylation sites (tertiary alicyclic amines) is 1. The number of alkyl halides is 3. The van der Waals surface area contributed by atoms with Gasteiger partial charge < -0.3 is 21.1 Å². The number of nitrogen functional groups attached to an aromatic ring is 1. The van der Waals surface area contributed by atoms with Gasteiger partial charge in [-0.15, -0.1) is 0 Å². The van der Waals surface area contributed by atoms with Crippen LogP contribution in [0.3, 0.4) is 0 Å². The van der Waals surface area contributed by atoms with Crippen LogP contribution >= 0.6 is 0 Å². The molecule has 0 amide bonds. The number of hydrogen-bond donors (Lipinski definition) is 4. The maximum absolute atomic E-state index is 10.6. The fourth-order valence-electron chi connectivity index (χ4n) is 4.08. The highest BCUT2D eigenvalue weighted by Gasteiger charge is 2.38. The number of anilines is 1. The molecule has 1 aromatic carbocycles. The number of piperidine rings is 1. The van der Waals surface area contributed by atoms with Crippen LogP contribution in [0.25, 0.3) is 5.57 Å². The summed E-state index contributed by atoms with van der Waals surface area (Å²) < 4.78 is 31.7. The molecule has 1 saturated heterocycles. The van der Waals surface area contributed by atoms with Crippen LogP contribution in [-0.2, 0) is 4.79 Å². The van der Waals surface area contributed by atoms with Crippen molar-refractivity contribution in [3.8, 4) is 0 Å². The average molecular weight is 444 g/mol. The monoisotopic (exact) mass is 444 g/mol. The number of rotatable bonds is 5. The van der Waals surface area contributed by atoms with Gasteiger partial charge in [-0.05, 0) is 80.8 Å². The van der Waals surface area contributed by atoms with Crippen LogP contribution in [0.15, 0.2) is 24.3 Å². The third-order valence-corrected chi connectivity index (χ3v) is 5.90. The van der Waals surface area contributed by atoms with Crippen molar-refractivity contribution in [3.05, 3.63) is 35.4 Å². The maximum atomic E-state index is 10.6. The third-order valence-electron chi connectivity index (χ3n) is 5.90. The predicted molar refractivity (Wildman–Crippen MR) is 112 cm³/mol. The molecule has 5 N–H and O–H groups in total. The first kappa shape index (κ1) is 25.2. The number of carboxylic acid groups (broad SMARTS) is 1. The van der Waals surface area contributed by atoms with E-state index in [1.54, 1.807) is 0 Å². The Morgan fingerprint density at radius 1 is 1.16 bits per heavy atom.